The molecule has 2 atom stereocenters. The zero-order chi connectivity index (χ0) is 14.0. The van der Waals surface area contributed by atoms with Gasteiger partial charge in [0.05, 0.1) is 23.2 Å². The number of aromatic nitrogens is 1. The third-order valence-electron chi connectivity index (χ3n) is 3.99. The summed E-state index contributed by atoms with van der Waals surface area (Å²) in [5, 5.41) is 4.07. The van der Waals surface area contributed by atoms with Crippen LogP contribution in [-0.4, -0.2) is 16.4 Å². The van der Waals surface area contributed by atoms with E-state index in [0.717, 1.165) is 41.3 Å². The van der Waals surface area contributed by atoms with Crippen molar-refractivity contribution < 1.29 is 4.79 Å². The smallest absolute Gasteiger partial charge is 0.225 e. The van der Waals surface area contributed by atoms with Crippen LogP contribution in [0.15, 0.2) is 0 Å². The standard InChI is InChI=1S/C14H23N3OS/c1-9-12(19-10(2)17-9)8-16-13(18)11-6-4-5-7-14(11,3)15/h11H,4-8,15H2,1-3H3,(H,16,18). The molecular formula is C14H23N3OS. The Morgan fingerprint density at radius 3 is 2.84 bits per heavy atom. The molecule has 2 rings (SSSR count). The van der Waals surface area contributed by atoms with E-state index in [9.17, 15) is 4.79 Å². The van der Waals surface area contributed by atoms with Crippen molar-refractivity contribution in [3.8, 4) is 0 Å². The average molecular weight is 281 g/mol. The number of nitrogens with one attached hydrogen (secondary N) is 1. The van der Waals surface area contributed by atoms with Crippen LogP contribution in [0.25, 0.3) is 0 Å². The summed E-state index contributed by atoms with van der Waals surface area (Å²) in [6.07, 6.45) is 4.07. The summed E-state index contributed by atoms with van der Waals surface area (Å²) in [5.74, 6) is 0.0331. The zero-order valence-corrected chi connectivity index (χ0v) is 12.8. The largest absolute Gasteiger partial charge is 0.351 e. The van der Waals surface area contributed by atoms with Gasteiger partial charge in [-0.1, -0.05) is 12.8 Å². The first-order valence-electron chi connectivity index (χ1n) is 6.89. The number of amides is 1. The highest BCUT2D eigenvalue weighted by Crippen LogP contribution is 2.31. The van der Waals surface area contributed by atoms with Crippen LogP contribution >= 0.6 is 11.3 Å². The van der Waals surface area contributed by atoms with E-state index < -0.39 is 0 Å². The van der Waals surface area contributed by atoms with E-state index in [4.69, 9.17) is 5.73 Å². The summed E-state index contributed by atoms with van der Waals surface area (Å²) in [5.41, 5.74) is 6.91. The minimum atomic E-state index is -0.360. The van der Waals surface area contributed by atoms with Gasteiger partial charge in [0.1, 0.15) is 0 Å². The first kappa shape index (κ1) is 14.5. The van der Waals surface area contributed by atoms with Crippen molar-refractivity contribution >= 4 is 17.2 Å². The topological polar surface area (TPSA) is 68.0 Å². The number of hydrogen-bond donors (Lipinski definition) is 2. The van der Waals surface area contributed by atoms with Gasteiger partial charge in [0.2, 0.25) is 5.91 Å². The van der Waals surface area contributed by atoms with E-state index in [2.05, 4.69) is 10.3 Å². The van der Waals surface area contributed by atoms with Crippen LogP contribution < -0.4 is 11.1 Å². The lowest BCUT2D eigenvalue weighted by molar-refractivity contribution is -0.128. The van der Waals surface area contributed by atoms with Gasteiger partial charge in [0.15, 0.2) is 0 Å². The molecule has 1 aromatic rings. The van der Waals surface area contributed by atoms with Gasteiger partial charge in [0.25, 0.3) is 0 Å². The second-order valence-corrected chi connectivity index (χ2v) is 7.05. The maximum Gasteiger partial charge on any atom is 0.225 e. The van der Waals surface area contributed by atoms with E-state index >= 15 is 0 Å². The summed E-state index contributed by atoms with van der Waals surface area (Å²) in [6.45, 7) is 6.54. The Balaban J connectivity index is 1.96. The number of rotatable bonds is 3. The maximum absolute atomic E-state index is 12.3. The molecule has 1 fully saturated rings. The highest BCUT2D eigenvalue weighted by atomic mass is 32.1. The number of nitrogens with zero attached hydrogens (tertiary/aromatic N) is 1. The molecule has 1 aliphatic carbocycles. The number of thiazole rings is 1. The van der Waals surface area contributed by atoms with Gasteiger partial charge in [-0.05, 0) is 33.6 Å². The predicted octanol–water partition coefficient (Wildman–Crippen LogP) is 2.28. The fourth-order valence-corrected chi connectivity index (χ4v) is 3.69. The molecule has 1 aliphatic rings. The summed E-state index contributed by atoms with van der Waals surface area (Å²) in [6, 6.07) is 0. The van der Waals surface area contributed by atoms with Gasteiger partial charge in [-0.25, -0.2) is 4.98 Å². The molecule has 0 aromatic carbocycles. The number of carbonyl (C=O) groups is 1. The summed E-state index contributed by atoms with van der Waals surface area (Å²) >= 11 is 1.65. The van der Waals surface area contributed by atoms with Gasteiger partial charge in [0, 0.05) is 10.4 Å². The molecule has 0 bridgehead atoms. The highest BCUT2D eigenvalue weighted by molar-refractivity contribution is 7.11. The van der Waals surface area contributed by atoms with Crippen molar-refractivity contribution in [2.24, 2.45) is 11.7 Å². The molecule has 1 amide bonds. The number of hydrogen-bond acceptors (Lipinski definition) is 4. The van der Waals surface area contributed by atoms with E-state index in [1.165, 1.54) is 0 Å². The molecule has 4 nitrogen and oxygen atoms in total. The van der Waals surface area contributed by atoms with Crippen LogP contribution in [0, 0.1) is 19.8 Å². The van der Waals surface area contributed by atoms with Crippen LogP contribution in [0.4, 0.5) is 0 Å². The molecule has 5 heteroatoms. The van der Waals surface area contributed by atoms with Crippen LogP contribution in [-0.2, 0) is 11.3 Å². The number of nitrogens with two attached hydrogens (primary N) is 1. The molecular weight excluding hydrogens is 258 g/mol. The second-order valence-electron chi connectivity index (χ2n) is 5.76. The van der Waals surface area contributed by atoms with Gasteiger partial charge in [-0.15, -0.1) is 11.3 Å². The van der Waals surface area contributed by atoms with Crippen LogP contribution in [0.5, 0.6) is 0 Å². The third-order valence-corrected chi connectivity index (χ3v) is 5.07. The number of carbonyl (C=O) groups excluding carboxylic acids is 1. The minimum absolute atomic E-state index is 0.0597. The molecule has 106 valence electrons. The van der Waals surface area contributed by atoms with Gasteiger partial charge in [-0.2, -0.15) is 0 Å². The summed E-state index contributed by atoms with van der Waals surface area (Å²) < 4.78 is 0. The molecule has 0 aliphatic heterocycles. The van der Waals surface area contributed by atoms with Gasteiger partial charge < -0.3 is 11.1 Å². The maximum atomic E-state index is 12.3. The fourth-order valence-electron chi connectivity index (χ4n) is 2.82. The molecule has 0 spiro atoms. The van der Waals surface area contributed by atoms with E-state index in [-0.39, 0.29) is 17.4 Å². The molecule has 0 saturated heterocycles. The van der Waals surface area contributed by atoms with E-state index in [1.807, 2.05) is 20.8 Å². The van der Waals surface area contributed by atoms with E-state index in [1.54, 1.807) is 11.3 Å². The average Bonchev–Trinajstić information content (AvgIpc) is 2.64. The van der Waals surface area contributed by atoms with Crippen LogP contribution in [0.1, 0.15) is 48.2 Å². The molecule has 19 heavy (non-hydrogen) atoms. The lowest BCUT2D eigenvalue weighted by atomic mass is 9.74. The fraction of sp³-hybridized carbons (Fsp3) is 0.714. The first-order valence-corrected chi connectivity index (χ1v) is 7.71. The molecule has 1 heterocycles. The molecule has 1 aromatic heterocycles. The summed E-state index contributed by atoms with van der Waals surface area (Å²) in [7, 11) is 0. The first-order chi connectivity index (χ1) is 8.90. The lowest BCUT2D eigenvalue weighted by Crippen LogP contribution is -2.52. The Labute approximate surface area is 118 Å². The van der Waals surface area contributed by atoms with Crippen molar-refractivity contribution in [2.75, 3.05) is 0 Å². The van der Waals surface area contributed by atoms with Crippen LogP contribution in [0.2, 0.25) is 0 Å². The molecule has 1 saturated carbocycles. The van der Waals surface area contributed by atoms with Crippen LogP contribution in [0.3, 0.4) is 0 Å². The molecule has 3 N–H and O–H groups in total. The summed E-state index contributed by atoms with van der Waals surface area (Å²) in [4.78, 5) is 17.8. The Hall–Kier alpha value is -0.940. The Kier molecular flexibility index (Phi) is 4.26. The van der Waals surface area contributed by atoms with Crippen molar-refractivity contribution in [3.05, 3.63) is 15.6 Å². The van der Waals surface area contributed by atoms with Crippen molar-refractivity contribution in [3.63, 3.8) is 0 Å². The van der Waals surface area contributed by atoms with Gasteiger partial charge in [-0.3, -0.25) is 4.79 Å². The SMILES string of the molecule is Cc1nc(C)c(CNC(=O)C2CCCCC2(C)N)s1. The third kappa shape index (κ3) is 3.34. The highest BCUT2D eigenvalue weighted by Gasteiger charge is 2.37. The normalized spacial score (nSPS) is 27.3. The van der Waals surface area contributed by atoms with Crippen molar-refractivity contribution in [1.82, 2.24) is 10.3 Å². The molecule has 2 unspecified atom stereocenters. The lowest BCUT2D eigenvalue weighted by Gasteiger charge is -2.37. The second kappa shape index (κ2) is 5.59. The minimum Gasteiger partial charge on any atom is -0.351 e. The monoisotopic (exact) mass is 281 g/mol. The van der Waals surface area contributed by atoms with Crippen molar-refractivity contribution in [2.45, 2.75) is 58.5 Å². The quantitative estimate of drug-likeness (QED) is 0.893. The van der Waals surface area contributed by atoms with Gasteiger partial charge >= 0.3 is 0 Å². The van der Waals surface area contributed by atoms with E-state index in [0.29, 0.717) is 6.54 Å². The van der Waals surface area contributed by atoms with Crippen molar-refractivity contribution in [1.29, 1.82) is 0 Å². The molecule has 0 radical (unpaired) electrons. The predicted molar refractivity (Wildman–Crippen MR) is 78.0 cm³/mol. The zero-order valence-electron chi connectivity index (χ0n) is 12.0. The Morgan fingerprint density at radius 1 is 1.53 bits per heavy atom. The Morgan fingerprint density at radius 2 is 2.26 bits per heavy atom. The number of aryl methyl sites for hydroxylation is 2. The Bertz CT molecular complexity index is 467.